The number of unbranched alkanes of at least 4 members (excludes halogenated alkanes) is 1. The molecular formula is C10H12BF4KO. The van der Waals surface area contributed by atoms with Crippen molar-refractivity contribution in [2.24, 2.45) is 0 Å². The molecule has 0 amide bonds. The van der Waals surface area contributed by atoms with Crippen LogP contribution in [0.25, 0.3) is 0 Å². The van der Waals surface area contributed by atoms with Crippen LogP contribution in [0.3, 0.4) is 0 Å². The molecular weight excluding hydrogens is 262 g/mol. The molecule has 0 N–H and O–H groups in total. The van der Waals surface area contributed by atoms with Crippen molar-refractivity contribution in [3.8, 4) is 5.75 Å². The van der Waals surface area contributed by atoms with Crippen molar-refractivity contribution in [2.45, 2.75) is 19.8 Å². The fourth-order valence-corrected chi connectivity index (χ4v) is 1.16. The van der Waals surface area contributed by atoms with Crippen molar-refractivity contribution in [2.75, 3.05) is 6.61 Å². The van der Waals surface area contributed by atoms with E-state index in [4.69, 9.17) is 4.74 Å². The van der Waals surface area contributed by atoms with Gasteiger partial charge in [-0.05, 0) is 18.6 Å². The summed E-state index contributed by atoms with van der Waals surface area (Å²) in [7, 11) is 0. The third kappa shape index (κ3) is 5.74. The number of rotatable bonds is 5. The normalized spacial score (nSPS) is 10.9. The molecule has 0 aromatic heterocycles. The largest absolute Gasteiger partial charge is 1.00 e. The summed E-state index contributed by atoms with van der Waals surface area (Å²) in [6.07, 6.45) is 1.52. The molecule has 1 aromatic rings. The van der Waals surface area contributed by atoms with E-state index in [1.165, 1.54) is 0 Å². The minimum Gasteiger partial charge on any atom is -0.491 e. The Hall–Kier alpha value is 0.441. The van der Waals surface area contributed by atoms with Gasteiger partial charge in [-0.3, -0.25) is 0 Å². The standard InChI is InChI=1S/C10H12BF4O.K/c1-2-3-6-16-10-7-8(11(13,14)15)4-5-9(10)12;/h4-5,7H,2-3,6H2,1H3;/q-1;+1. The van der Waals surface area contributed by atoms with Crippen molar-refractivity contribution in [1.82, 2.24) is 0 Å². The molecule has 0 heterocycles. The van der Waals surface area contributed by atoms with Gasteiger partial charge in [-0.15, -0.1) is 5.46 Å². The Balaban J connectivity index is 0.00000256. The predicted octanol–water partition coefficient (Wildman–Crippen LogP) is 0.0630. The molecule has 0 radical (unpaired) electrons. The number of hydrogen-bond donors (Lipinski definition) is 0. The third-order valence-corrected chi connectivity index (χ3v) is 2.09. The first-order valence-electron chi connectivity index (χ1n) is 5.07. The summed E-state index contributed by atoms with van der Waals surface area (Å²) in [6, 6.07) is 2.22. The second-order valence-electron chi connectivity index (χ2n) is 3.47. The van der Waals surface area contributed by atoms with Gasteiger partial charge in [0.15, 0.2) is 11.6 Å². The van der Waals surface area contributed by atoms with Gasteiger partial charge in [0.2, 0.25) is 0 Å². The van der Waals surface area contributed by atoms with Crippen molar-refractivity contribution in [1.29, 1.82) is 0 Å². The van der Waals surface area contributed by atoms with Gasteiger partial charge in [-0.25, -0.2) is 4.39 Å². The number of benzene rings is 1. The second kappa shape index (κ2) is 7.78. The molecule has 0 aliphatic heterocycles. The molecule has 7 heteroatoms. The molecule has 0 saturated carbocycles. The van der Waals surface area contributed by atoms with E-state index in [-0.39, 0.29) is 63.7 Å². The van der Waals surface area contributed by atoms with Gasteiger partial charge in [0.25, 0.3) is 0 Å². The number of ether oxygens (including phenoxy) is 1. The van der Waals surface area contributed by atoms with E-state index in [0.717, 1.165) is 18.6 Å². The molecule has 90 valence electrons. The fraction of sp³-hybridized carbons (Fsp3) is 0.400. The van der Waals surface area contributed by atoms with Gasteiger partial charge in [0.1, 0.15) is 0 Å². The summed E-state index contributed by atoms with van der Waals surface area (Å²) in [5.41, 5.74) is -0.840. The van der Waals surface area contributed by atoms with Crippen LogP contribution in [0.1, 0.15) is 19.8 Å². The smallest absolute Gasteiger partial charge is 0.491 e. The maximum absolute atomic E-state index is 13.1. The molecule has 0 fully saturated rings. The van der Waals surface area contributed by atoms with Crippen LogP contribution in [0.4, 0.5) is 17.3 Å². The minimum atomic E-state index is -5.11. The van der Waals surface area contributed by atoms with Crippen LogP contribution in [0, 0.1) is 5.82 Å². The molecule has 0 bridgehead atoms. The molecule has 0 atom stereocenters. The molecule has 0 aliphatic rings. The SMILES string of the molecule is CCCCOc1cc([B-](F)(F)F)ccc1F.[K+]. The molecule has 17 heavy (non-hydrogen) atoms. The summed E-state index contributed by atoms with van der Waals surface area (Å²) in [5.74, 6) is -1.09. The summed E-state index contributed by atoms with van der Waals surface area (Å²) in [4.78, 5) is 0. The molecule has 1 rings (SSSR count). The van der Waals surface area contributed by atoms with Gasteiger partial charge >= 0.3 is 58.4 Å². The van der Waals surface area contributed by atoms with Crippen LogP contribution in [0.2, 0.25) is 0 Å². The van der Waals surface area contributed by atoms with Crippen LogP contribution >= 0.6 is 0 Å². The van der Waals surface area contributed by atoms with E-state index in [0.29, 0.717) is 12.5 Å². The monoisotopic (exact) mass is 274 g/mol. The molecule has 0 aliphatic carbocycles. The predicted molar refractivity (Wildman–Crippen MR) is 55.5 cm³/mol. The van der Waals surface area contributed by atoms with E-state index >= 15 is 0 Å². The first-order valence-corrected chi connectivity index (χ1v) is 5.07. The number of hydrogen-bond acceptors (Lipinski definition) is 1. The van der Waals surface area contributed by atoms with Crippen LogP contribution in [0.5, 0.6) is 5.75 Å². The zero-order valence-electron chi connectivity index (χ0n) is 9.85. The van der Waals surface area contributed by atoms with E-state index in [1.54, 1.807) is 0 Å². The van der Waals surface area contributed by atoms with Gasteiger partial charge in [-0.2, -0.15) is 0 Å². The molecule has 0 spiro atoms. The Labute approximate surface area is 140 Å². The fourth-order valence-electron chi connectivity index (χ4n) is 1.16. The van der Waals surface area contributed by atoms with Crippen LogP contribution in [0.15, 0.2) is 18.2 Å². The second-order valence-corrected chi connectivity index (χ2v) is 3.47. The minimum absolute atomic E-state index is 0. The van der Waals surface area contributed by atoms with Crippen LogP contribution < -0.4 is 61.6 Å². The van der Waals surface area contributed by atoms with E-state index < -0.39 is 18.3 Å². The zero-order chi connectivity index (χ0) is 12.2. The first-order chi connectivity index (χ1) is 7.45. The van der Waals surface area contributed by atoms with Crippen molar-refractivity contribution in [3.63, 3.8) is 0 Å². The van der Waals surface area contributed by atoms with Gasteiger partial charge in [0.05, 0.1) is 6.61 Å². The van der Waals surface area contributed by atoms with E-state index in [1.807, 2.05) is 6.92 Å². The quantitative estimate of drug-likeness (QED) is 0.419. The Kier molecular flexibility index (Phi) is 7.99. The summed E-state index contributed by atoms with van der Waals surface area (Å²) >= 11 is 0. The molecule has 1 aromatic carbocycles. The maximum Gasteiger partial charge on any atom is 1.00 e. The van der Waals surface area contributed by atoms with Crippen molar-refractivity contribution >= 4 is 12.4 Å². The van der Waals surface area contributed by atoms with Gasteiger partial charge < -0.3 is 17.7 Å². The van der Waals surface area contributed by atoms with Gasteiger partial charge in [-0.1, -0.05) is 19.4 Å². The van der Waals surface area contributed by atoms with Crippen molar-refractivity contribution < 1.29 is 73.5 Å². The van der Waals surface area contributed by atoms with Crippen LogP contribution in [-0.2, 0) is 0 Å². The third-order valence-electron chi connectivity index (χ3n) is 2.09. The van der Waals surface area contributed by atoms with Crippen LogP contribution in [-0.4, -0.2) is 13.6 Å². The average molecular weight is 274 g/mol. The Morgan fingerprint density at radius 1 is 1.24 bits per heavy atom. The summed E-state index contributed by atoms with van der Waals surface area (Å²) in [5, 5.41) is 0. The summed E-state index contributed by atoms with van der Waals surface area (Å²) in [6.45, 7) is -2.97. The zero-order valence-corrected chi connectivity index (χ0v) is 13.0. The van der Waals surface area contributed by atoms with E-state index in [9.17, 15) is 17.3 Å². The topological polar surface area (TPSA) is 9.23 Å². The van der Waals surface area contributed by atoms with Crippen molar-refractivity contribution in [3.05, 3.63) is 24.0 Å². The number of halogens is 4. The molecule has 0 saturated heterocycles. The Morgan fingerprint density at radius 2 is 1.88 bits per heavy atom. The average Bonchev–Trinajstić information content (AvgIpc) is 2.19. The maximum atomic E-state index is 13.1. The van der Waals surface area contributed by atoms with Gasteiger partial charge in [0, 0.05) is 0 Å². The Morgan fingerprint density at radius 3 is 2.41 bits per heavy atom. The summed E-state index contributed by atoms with van der Waals surface area (Å²) < 4.78 is 55.2. The molecule has 0 unspecified atom stereocenters. The first kappa shape index (κ1) is 17.4. The molecule has 1 nitrogen and oxygen atoms in total. The van der Waals surface area contributed by atoms with E-state index in [2.05, 4.69) is 0 Å². The Bertz CT molecular complexity index is 357.